The van der Waals surface area contributed by atoms with E-state index in [0.717, 1.165) is 29.3 Å². The molecule has 2 aromatic rings. The van der Waals surface area contributed by atoms with Crippen molar-refractivity contribution in [3.05, 3.63) is 68.7 Å². The van der Waals surface area contributed by atoms with Crippen LogP contribution in [0.3, 0.4) is 0 Å². The highest BCUT2D eigenvalue weighted by Gasteiger charge is 2.63. The van der Waals surface area contributed by atoms with Gasteiger partial charge in [0.2, 0.25) is 0 Å². The molecule has 36 heavy (non-hydrogen) atoms. The first-order valence-electron chi connectivity index (χ1n) is 11.7. The van der Waals surface area contributed by atoms with Crippen LogP contribution >= 0.6 is 46.4 Å². The minimum Gasteiger partial charge on any atom is -0.292 e. The first kappa shape index (κ1) is 25.5. The molecule has 2 bridgehead atoms. The Morgan fingerprint density at radius 3 is 2.06 bits per heavy atom. The largest absolute Gasteiger partial charge is 0.292 e. The van der Waals surface area contributed by atoms with Crippen molar-refractivity contribution in [1.29, 1.82) is 0 Å². The zero-order valence-electron chi connectivity index (χ0n) is 19.0. The summed E-state index contributed by atoms with van der Waals surface area (Å²) in [5, 5.41) is 2.68. The third-order valence-corrected chi connectivity index (χ3v) is 8.62. The van der Waals surface area contributed by atoms with Crippen molar-refractivity contribution in [2.45, 2.75) is 31.7 Å². The number of amides is 3. The molecule has 5 atom stereocenters. The summed E-state index contributed by atoms with van der Waals surface area (Å²) in [6.45, 7) is 0. The first-order valence-corrected chi connectivity index (χ1v) is 13.4. The van der Waals surface area contributed by atoms with Crippen molar-refractivity contribution in [3.8, 4) is 0 Å². The Bertz CT molecular complexity index is 1220. The van der Waals surface area contributed by atoms with E-state index in [1.807, 2.05) is 0 Å². The summed E-state index contributed by atoms with van der Waals surface area (Å²) in [4.78, 5) is 55.1. The summed E-state index contributed by atoms with van der Waals surface area (Å²) in [6.07, 6.45) is 2.61. The van der Waals surface area contributed by atoms with Gasteiger partial charge in [0.1, 0.15) is 6.04 Å². The van der Waals surface area contributed by atoms with Crippen LogP contribution in [0.1, 0.15) is 46.4 Å². The summed E-state index contributed by atoms with van der Waals surface area (Å²) in [5.74, 6) is -2.83. The number of hydrazine groups is 1. The van der Waals surface area contributed by atoms with Gasteiger partial charge >= 0.3 is 0 Å². The molecular formula is C26H22Cl4N2O4. The smallest absolute Gasteiger partial charge is 0.275 e. The fraction of sp³-hybridized carbons (Fsp3) is 0.385. The van der Waals surface area contributed by atoms with E-state index < -0.39 is 41.4 Å². The Morgan fingerprint density at radius 2 is 1.50 bits per heavy atom. The zero-order valence-corrected chi connectivity index (χ0v) is 22.0. The normalized spacial score (nSPS) is 25.3. The van der Waals surface area contributed by atoms with Crippen LogP contribution in [-0.2, 0) is 9.59 Å². The Morgan fingerprint density at radius 1 is 0.917 bits per heavy atom. The summed E-state index contributed by atoms with van der Waals surface area (Å²) >= 11 is 24.5. The molecule has 1 aliphatic heterocycles. The summed E-state index contributed by atoms with van der Waals surface area (Å²) in [6, 6.07) is 9.27. The molecule has 2 aliphatic carbocycles. The quantitative estimate of drug-likeness (QED) is 0.236. The zero-order chi connectivity index (χ0) is 25.7. The highest BCUT2D eigenvalue weighted by molar-refractivity contribution is 6.37. The molecule has 3 aliphatic rings. The first-order chi connectivity index (χ1) is 17.2. The van der Waals surface area contributed by atoms with Crippen LogP contribution in [0.2, 0.25) is 15.1 Å². The lowest BCUT2D eigenvalue weighted by Crippen LogP contribution is -2.58. The summed E-state index contributed by atoms with van der Waals surface area (Å²) in [7, 11) is 0. The van der Waals surface area contributed by atoms with Crippen molar-refractivity contribution in [2.75, 3.05) is 5.88 Å². The van der Waals surface area contributed by atoms with Gasteiger partial charge in [-0.1, -0.05) is 34.8 Å². The number of ketones is 1. The lowest BCUT2D eigenvalue weighted by atomic mass is 9.81. The predicted octanol–water partition coefficient (Wildman–Crippen LogP) is 5.92. The highest BCUT2D eigenvalue weighted by atomic mass is 35.5. The number of carbonyl (C=O) groups excluding carboxylic acids is 4. The molecule has 2 saturated carbocycles. The van der Waals surface area contributed by atoms with E-state index in [2.05, 4.69) is 0 Å². The Balaban J connectivity index is 1.61. The standard InChI is InChI=1S/C26H22Cl4N2O4/c27-10-9-20(23(33)13-3-5-16(28)6-4-13)31(24(34)18-8-7-17(29)12-19(18)30)32-25(35)21-14-1-2-15(11-14)22(21)26(32)36/h3-8,12,14-15,20-22H,1-2,9-11H2/t14-,15-,20-,21-,22-/m0/s1. The van der Waals surface area contributed by atoms with Crippen molar-refractivity contribution < 1.29 is 19.2 Å². The van der Waals surface area contributed by atoms with E-state index in [4.69, 9.17) is 46.4 Å². The molecule has 1 heterocycles. The van der Waals surface area contributed by atoms with Gasteiger partial charge in [-0.25, -0.2) is 5.01 Å². The number of alkyl halides is 1. The van der Waals surface area contributed by atoms with Crippen LogP contribution in [-0.4, -0.2) is 45.4 Å². The van der Waals surface area contributed by atoms with E-state index in [1.54, 1.807) is 12.1 Å². The predicted molar refractivity (Wildman–Crippen MR) is 137 cm³/mol. The van der Waals surface area contributed by atoms with Gasteiger partial charge in [-0.2, -0.15) is 5.01 Å². The molecule has 1 saturated heterocycles. The van der Waals surface area contributed by atoms with Gasteiger partial charge in [-0.15, -0.1) is 11.6 Å². The van der Waals surface area contributed by atoms with Gasteiger partial charge in [0.25, 0.3) is 17.7 Å². The number of fused-ring (bicyclic) bond motifs is 5. The van der Waals surface area contributed by atoms with Crippen LogP contribution in [0.15, 0.2) is 42.5 Å². The topological polar surface area (TPSA) is 74.8 Å². The molecule has 3 amide bonds. The second-order valence-corrected chi connectivity index (χ2v) is 11.2. The van der Waals surface area contributed by atoms with Crippen LogP contribution in [0.25, 0.3) is 0 Å². The molecule has 0 aromatic heterocycles. The maximum atomic E-state index is 14.0. The van der Waals surface area contributed by atoms with E-state index >= 15 is 0 Å². The molecule has 188 valence electrons. The highest BCUT2D eigenvalue weighted by Crippen LogP contribution is 2.56. The third-order valence-electron chi connectivity index (χ3n) is 7.60. The number of Topliss-reactive ketones (excluding diaryl/α,β-unsaturated/α-hetero) is 1. The minimum atomic E-state index is -1.22. The Kier molecular flexibility index (Phi) is 7.07. The Labute approximate surface area is 228 Å². The lowest BCUT2D eigenvalue weighted by Gasteiger charge is -2.37. The fourth-order valence-electron chi connectivity index (χ4n) is 6.04. The number of imide groups is 1. The summed E-state index contributed by atoms with van der Waals surface area (Å²) < 4.78 is 0. The van der Waals surface area contributed by atoms with Crippen molar-refractivity contribution in [3.63, 3.8) is 0 Å². The van der Waals surface area contributed by atoms with Crippen molar-refractivity contribution in [1.82, 2.24) is 10.0 Å². The van der Waals surface area contributed by atoms with Gasteiger partial charge in [-0.05, 0) is 80.0 Å². The number of rotatable bonds is 7. The van der Waals surface area contributed by atoms with Crippen molar-refractivity contribution >= 4 is 69.9 Å². The molecule has 5 rings (SSSR count). The average Bonchev–Trinajstić information content (AvgIpc) is 3.53. The molecule has 0 spiro atoms. The average molecular weight is 568 g/mol. The number of carbonyl (C=O) groups is 4. The molecule has 6 nitrogen and oxygen atoms in total. The molecule has 10 heteroatoms. The minimum absolute atomic E-state index is 0.0104. The van der Waals surface area contributed by atoms with Gasteiger partial charge < -0.3 is 0 Å². The van der Waals surface area contributed by atoms with Crippen LogP contribution in [0.5, 0.6) is 0 Å². The maximum absolute atomic E-state index is 14.0. The second kappa shape index (κ2) is 9.97. The molecular weight excluding hydrogens is 546 g/mol. The number of hydrogen-bond acceptors (Lipinski definition) is 4. The lowest BCUT2D eigenvalue weighted by molar-refractivity contribution is -0.157. The van der Waals surface area contributed by atoms with Gasteiger partial charge in [0.15, 0.2) is 5.78 Å². The van der Waals surface area contributed by atoms with E-state index in [1.165, 1.54) is 30.3 Å². The van der Waals surface area contributed by atoms with Gasteiger partial charge in [0, 0.05) is 21.5 Å². The van der Waals surface area contributed by atoms with Gasteiger partial charge in [-0.3, -0.25) is 19.2 Å². The molecule has 0 N–H and O–H groups in total. The number of hydrogen-bond donors (Lipinski definition) is 0. The van der Waals surface area contributed by atoms with Crippen LogP contribution in [0, 0.1) is 23.7 Å². The van der Waals surface area contributed by atoms with E-state index in [0.29, 0.717) is 10.0 Å². The van der Waals surface area contributed by atoms with E-state index in [9.17, 15) is 19.2 Å². The maximum Gasteiger partial charge on any atom is 0.275 e. The third kappa shape index (κ3) is 4.22. The monoisotopic (exact) mass is 566 g/mol. The molecule has 0 radical (unpaired) electrons. The number of benzene rings is 2. The fourth-order valence-corrected chi connectivity index (χ4v) is 6.86. The molecule has 0 unspecified atom stereocenters. The Hall–Kier alpha value is -2.12. The number of halogens is 4. The van der Waals surface area contributed by atoms with Gasteiger partial charge in [0.05, 0.1) is 22.4 Å². The van der Waals surface area contributed by atoms with Crippen molar-refractivity contribution in [2.24, 2.45) is 23.7 Å². The van der Waals surface area contributed by atoms with Crippen LogP contribution in [0.4, 0.5) is 0 Å². The molecule has 3 fully saturated rings. The SMILES string of the molecule is O=C(c1ccc(Cl)cc1)[C@H](CCCl)N(C(=O)c1ccc(Cl)cc1Cl)N1C(=O)[C@H]2[C@H]3CC[C@@H](C3)[C@@H]2C1=O. The van der Waals surface area contributed by atoms with Crippen LogP contribution < -0.4 is 0 Å². The number of nitrogens with zero attached hydrogens (tertiary/aromatic N) is 2. The second-order valence-electron chi connectivity index (χ2n) is 9.51. The molecule has 2 aromatic carbocycles. The van der Waals surface area contributed by atoms with E-state index in [-0.39, 0.29) is 40.3 Å². The summed E-state index contributed by atoms with van der Waals surface area (Å²) in [5.41, 5.74) is 0.291.